The molecule has 55 heavy (non-hydrogen) atoms. The van der Waals surface area contributed by atoms with Gasteiger partial charge in [0.15, 0.2) is 0 Å². The molecule has 4 aromatic heterocycles. The van der Waals surface area contributed by atoms with E-state index in [1.165, 1.54) is 26.6 Å². The van der Waals surface area contributed by atoms with E-state index in [-0.39, 0.29) is 0 Å². The van der Waals surface area contributed by atoms with Crippen LogP contribution in [-0.2, 0) is 0 Å². The van der Waals surface area contributed by atoms with Crippen molar-refractivity contribution in [3.8, 4) is 39.5 Å². The molecule has 0 saturated carbocycles. The standard InChI is InChI=1S/C50H29N3OS/c1-4-12-30(13-5-1)33-20-23-36-35(28-33)22-27-42-44(36)39-25-26-40-45(48(39)54-42)37-24-21-34(31-14-6-2-7-15-31)29-41(37)53(40)50-51-46(32-16-8-3-9-17-32)49-47(52-50)38-18-10-11-19-43(38)55-49/h1-29H. The zero-order valence-electron chi connectivity index (χ0n) is 29.4. The smallest absolute Gasteiger partial charge is 0.235 e. The largest absolute Gasteiger partial charge is 0.455 e. The highest BCUT2D eigenvalue weighted by Gasteiger charge is 2.23. The topological polar surface area (TPSA) is 43.9 Å². The maximum Gasteiger partial charge on any atom is 0.235 e. The van der Waals surface area contributed by atoms with Crippen molar-refractivity contribution in [2.24, 2.45) is 0 Å². The Kier molecular flexibility index (Phi) is 6.47. The summed E-state index contributed by atoms with van der Waals surface area (Å²) in [4.78, 5) is 10.9. The molecule has 0 radical (unpaired) electrons. The highest BCUT2D eigenvalue weighted by atomic mass is 32.1. The van der Waals surface area contributed by atoms with Gasteiger partial charge in [-0.15, -0.1) is 11.3 Å². The molecule has 5 heteroatoms. The monoisotopic (exact) mass is 719 g/mol. The average molecular weight is 720 g/mol. The summed E-state index contributed by atoms with van der Waals surface area (Å²) in [6, 6.07) is 62.4. The molecule has 0 amide bonds. The van der Waals surface area contributed by atoms with Crippen LogP contribution in [0.4, 0.5) is 0 Å². The first kappa shape index (κ1) is 30.4. The Hall–Kier alpha value is -7.08. The van der Waals surface area contributed by atoms with Crippen LogP contribution >= 0.6 is 11.3 Å². The second kappa shape index (κ2) is 11.7. The molecule has 0 N–H and O–H groups in total. The van der Waals surface area contributed by atoms with Crippen LogP contribution in [0.15, 0.2) is 180 Å². The van der Waals surface area contributed by atoms with Gasteiger partial charge >= 0.3 is 0 Å². The van der Waals surface area contributed by atoms with Crippen molar-refractivity contribution in [3.05, 3.63) is 176 Å². The van der Waals surface area contributed by atoms with E-state index in [0.717, 1.165) is 81.7 Å². The maximum absolute atomic E-state index is 6.92. The highest BCUT2D eigenvalue weighted by Crippen LogP contribution is 2.45. The van der Waals surface area contributed by atoms with Gasteiger partial charge in [-0.2, -0.15) is 0 Å². The van der Waals surface area contributed by atoms with Crippen molar-refractivity contribution in [2.45, 2.75) is 0 Å². The number of hydrogen-bond donors (Lipinski definition) is 0. The summed E-state index contributed by atoms with van der Waals surface area (Å²) >= 11 is 1.75. The van der Waals surface area contributed by atoms with E-state index in [1.54, 1.807) is 11.3 Å². The van der Waals surface area contributed by atoms with Gasteiger partial charge in [0.1, 0.15) is 11.2 Å². The fourth-order valence-electron chi connectivity index (χ4n) is 8.47. The van der Waals surface area contributed by atoms with Crippen LogP contribution in [0, 0.1) is 0 Å². The molecule has 0 aliphatic heterocycles. The third-order valence-corrected chi connectivity index (χ3v) is 12.2. The quantitative estimate of drug-likeness (QED) is 0.182. The molecule has 0 aliphatic carbocycles. The highest BCUT2D eigenvalue weighted by molar-refractivity contribution is 7.26. The zero-order valence-corrected chi connectivity index (χ0v) is 30.2. The normalized spacial score (nSPS) is 12.0. The van der Waals surface area contributed by atoms with E-state index in [0.29, 0.717) is 5.95 Å². The Morgan fingerprint density at radius 2 is 1.11 bits per heavy atom. The molecule has 4 nitrogen and oxygen atoms in total. The van der Waals surface area contributed by atoms with Crippen molar-refractivity contribution in [1.82, 2.24) is 14.5 Å². The molecular formula is C50H29N3OS. The lowest BCUT2D eigenvalue weighted by molar-refractivity contribution is 0.673. The summed E-state index contributed by atoms with van der Waals surface area (Å²) in [5.74, 6) is 0.634. The molecule has 12 rings (SSSR count). The fraction of sp³-hybridized carbons (Fsp3) is 0. The van der Waals surface area contributed by atoms with Crippen molar-refractivity contribution >= 4 is 86.2 Å². The SMILES string of the molecule is c1ccc(-c2ccc3c(ccc4oc5c(ccc6c5c5ccc(-c7ccccc7)cc5n6-c5nc(-c6ccccc6)c6sc7ccccc7c6n5)c43)c2)cc1. The van der Waals surface area contributed by atoms with Crippen molar-refractivity contribution < 1.29 is 4.42 Å². The summed E-state index contributed by atoms with van der Waals surface area (Å²) in [6.07, 6.45) is 0. The Bertz CT molecular complexity index is 3470. The average Bonchev–Trinajstić information content (AvgIpc) is 3.93. The van der Waals surface area contributed by atoms with E-state index in [4.69, 9.17) is 14.4 Å². The van der Waals surface area contributed by atoms with Crippen LogP contribution in [0.1, 0.15) is 0 Å². The first-order valence-electron chi connectivity index (χ1n) is 18.5. The summed E-state index contributed by atoms with van der Waals surface area (Å²) in [6.45, 7) is 0. The number of hydrogen-bond acceptors (Lipinski definition) is 4. The molecule has 0 spiro atoms. The number of thiophene rings is 1. The van der Waals surface area contributed by atoms with Gasteiger partial charge in [0.25, 0.3) is 0 Å². The van der Waals surface area contributed by atoms with Crippen molar-refractivity contribution in [3.63, 3.8) is 0 Å². The number of aromatic nitrogens is 3. The van der Waals surface area contributed by atoms with Crippen molar-refractivity contribution in [2.75, 3.05) is 0 Å². The van der Waals surface area contributed by atoms with Gasteiger partial charge in [0.2, 0.25) is 5.95 Å². The first-order valence-corrected chi connectivity index (χ1v) is 19.3. The van der Waals surface area contributed by atoms with E-state index in [9.17, 15) is 0 Å². The minimum atomic E-state index is 0.634. The molecule has 12 aromatic rings. The minimum absolute atomic E-state index is 0.634. The van der Waals surface area contributed by atoms with Crippen LogP contribution in [0.25, 0.3) is 114 Å². The van der Waals surface area contributed by atoms with Gasteiger partial charge in [0, 0.05) is 31.8 Å². The molecule has 0 aliphatic rings. The number of furan rings is 1. The Balaban J connectivity index is 1.18. The van der Waals surface area contributed by atoms with E-state index in [2.05, 4.69) is 180 Å². The third-order valence-electron chi connectivity index (χ3n) is 11.0. The van der Waals surface area contributed by atoms with Gasteiger partial charge in [-0.05, 0) is 69.4 Å². The molecule has 8 aromatic carbocycles. The molecular weight excluding hydrogens is 691 g/mol. The number of benzene rings is 8. The fourth-order valence-corrected chi connectivity index (χ4v) is 9.62. The Morgan fingerprint density at radius 1 is 0.455 bits per heavy atom. The lowest BCUT2D eigenvalue weighted by Crippen LogP contribution is -2.02. The van der Waals surface area contributed by atoms with Gasteiger partial charge < -0.3 is 4.42 Å². The lowest BCUT2D eigenvalue weighted by atomic mass is 9.98. The second-order valence-corrected chi connectivity index (χ2v) is 15.2. The molecule has 4 heterocycles. The summed E-state index contributed by atoms with van der Waals surface area (Å²) in [5.41, 5.74) is 11.4. The molecule has 256 valence electrons. The minimum Gasteiger partial charge on any atom is -0.455 e. The Labute approximate surface area is 319 Å². The molecule has 0 bridgehead atoms. The zero-order chi connectivity index (χ0) is 36.0. The molecule has 0 atom stereocenters. The maximum atomic E-state index is 6.92. The van der Waals surface area contributed by atoms with Gasteiger partial charge in [-0.1, -0.05) is 140 Å². The predicted octanol–water partition coefficient (Wildman–Crippen LogP) is 14.0. The van der Waals surface area contributed by atoms with Crippen LogP contribution in [0.3, 0.4) is 0 Å². The summed E-state index contributed by atoms with van der Waals surface area (Å²) in [7, 11) is 0. The van der Waals surface area contributed by atoms with E-state index < -0.39 is 0 Å². The van der Waals surface area contributed by atoms with Gasteiger partial charge in [-0.25, -0.2) is 9.97 Å². The van der Waals surface area contributed by atoms with Crippen LogP contribution in [-0.4, -0.2) is 14.5 Å². The van der Waals surface area contributed by atoms with Gasteiger partial charge in [0.05, 0.1) is 32.3 Å². The van der Waals surface area contributed by atoms with Gasteiger partial charge in [-0.3, -0.25) is 4.57 Å². The second-order valence-electron chi connectivity index (χ2n) is 14.1. The lowest BCUT2D eigenvalue weighted by Gasteiger charge is -2.11. The van der Waals surface area contributed by atoms with Crippen LogP contribution < -0.4 is 0 Å². The molecule has 0 unspecified atom stereocenters. The Morgan fingerprint density at radius 3 is 1.87 bits per heavy atom. The third kappa shape index (κ3) is 4.57. The van der Waals surface area contributed by atoms with E-state index in [1.807, 2.05) is 0 Å². The number of nitrogens with zero attached hydrogens (tertiary/aromatic N) is 3. The van der Waals surface area contributed by atoms with Crippen molar-refractivity contribution in [1.29, 1.82) is 0 Å². The predicted molar refractivity (Wildman–Crippen MR) is 230 cm³/mol. The summed E-state index contributed by atoms with van der Waals surface area (Å²) in [5, 5.41) is 7.87. The van der Waals surface area contributed by atoms with E-state index >= 15 is 0 Å². The van der Waals surface area contributed by atoms with Crippen LogP contribution in [0.2, 0.25) is 0 Å². The molecule has 0 saturated heterocycles. The summed E-state index contributed by atoms with van der Waals surface area (Å²) < 4.78 is 11.4. The number of rotatable bonds is 4. The number of fused-ring (bicyclic) bond motifs is 12. The first-order chi connectivity index (χ1) is 27.3. The van der Waals surface area contributed by atoms with Crippen LogP contribution in [0.5, 0.6) is 0 Å². The molecule has 0 fully saturated rings.